The Hall–Kier alpha value is -1.20. The van der Waals surface area contributed by atoms with E-state index in [-0.39, 0.29) is 0 Å². The van der Waals surface area contributed by atoms with Gasteiger partial charge in [0.15, 0.2) is 0 Å². The molecule has 108 valence electrons. The highest BCUT2D eigenvalue weighted by molar-refractivity contribution is 6.75. The van der Waals surface area contributed by atoms with Crippen molar-refractivity contribution >= 4 is 14.0 Å². The van der Waals surface area contributed by atoms with Gasteiger partial charge in [0, 0.05) is 25.0 Å². The van der Waals surface area contributed by atoms with Gasteiger partial charge in [0.1, 0.15) is 0 Å². The maximum atomic E-state index is 5.94. The van der Waals surface area contributed by atoms with Gasteiger partial charge in [0.2, 0.25) is 0 Å². The monoisotopic (exact) mass is 290 g/mol. The standard InChI is InChI=1S/C16H22O3Si/c1-4-17-20(18-5-2,19-6-3)16-12-10-14-8-7-9-15(14)11-13-16/h7-13H,4-6H2,1-3H3. The molecule has 2 aliphatic rings. The molecule has 0 bridgehead atoms. The number of hydrogen-bond donors (Lipinski definition) is 0. The summed E-state index contributed by atoms with van der Waals surface area (Å²) in [5.74, 6) is 0. The van der Waals surface area contributed by atoms with Gasteiger partial charge >= 0.3 is 8.80 Å². The van der Waals surface area contributed by atoms with Crippen molar-refractivity contribution in [2.75, 3.05) is 19.8 Å². The maximum Gasteiger partial charge on any atom is 0.537 e. The SMILES string of the molecule is CCO[Si](OCC)(OCC)c1ccc2cccc-2cc1. The Morgan fingerprint density at radius 1 is 0.700 bits per heavy atom. The first-order valence-electron chi connectivity index (χ1n) is 7.17. The third kappa shape index (κ3) is 3.10. The van der Waals surface area contributed by atoms with Crippen LogP contribution in [0.4, 0.5) is 0 Å². The Morgan fingerprint density at radius 3 is 1.55 bits per heavy atom. The van der Waals surface area contributed by atoms with Crippen LogP contribution in [0, 0.1) is 0 Å². The predicted octanol–water partition coefficient (Wildman–Crippen LogP) is 3.05. The van der Waals surface area contributed by atoms with Crippen molar-refractivity contribution in [3.05, 3.63) is 42.5 Å². The van der Waals surface area contributed by atoms with E-state index in [0.717, 1.165) is 5.19 Å². The van der Waals surface area contributed by atoms with E-state index >= 15 is 0 Å². The minimum atomic E-state index is -2.80. The van der Waals surface area contributed by atoms with Crippen LogP contribution in [0.15, 0.2) is 42.5 Å². The first-order chi connectivity index (χ1) is 9.75. The topological polar surface area (TPSA) is 27.7 Å². The zero-order valence-corrected chi connectivity index (χ0v) is 13.4. The number of rotatable bonds is 7. The molecular formula is C16H22O3Si. The maximum absolute atomic E-state index is 5.94. The van der Waals surface area contributed by atoms with E-state index in [4.69, 9.17) is 13.3 Å². The molecule has 0 fully saturated rings. The van der Waals surface area contributed by atoms with Gasteiger partial charge in [-0.05, 0) is 31.9 Å². The smallest absolute Gasteiger partial charge is 0.370 e. The van der Waals surface area contributed by atoms with E-state index in [9.17, 15) is 0 Å². The highest BCUT2D eigenvalue weighted by atomic mass is 28.4. The molecule has 0 aromatic rings. The third-order valence-electron chi connectivity index (χ3n) is 3.13. The third-order valence-corrected chi connectivity index (χ3v) is 6.17. The number of fused-ring (bicyclic) bond motifs is 1. The molecule has 20 heavy (non-hydrogen) atoms. The minimum Gasteiger partial charge on any atom is -0.370 e. The van der Waals surface area contributed by atoms with E-state index in [1.54, 1.807) is 0 Å². The number of hydrogen-bond acceptors (Lipinski definition) is 3. The fourth-order valence-electron chi connectivity index (χ4n) is 2.32. The second-order valence-corrected chi connectivity index (χ2v) is 6.97. The van der Waals surface area contributed by atoms with Crippen molar-refractivity contribution in [2.45, 2.75) is 20.8 Å². The summed E-state index contributed by atoms with van der Waals surface area (Å²) in [6.45, 7) is 7.65. The van der Waals surface area contributed by atoms with Gasteiger partial charge in [-0.15, -0.1) is 0 Å². The highest BCUT2D eigenvalue weighted by Crippen LogP contribution is 2.21. The van der Waals surface area contributed by atoms with E-state index < -0.39 is 8.80 Å². The van der Waals surface area contributed by atoms with Crippen molar-refractivity contribution in [1.82, 2.24) is 0 Å². The van der Waals surface area contributed by atoms with Gasteiger partial charge in [0.05, 0.1) is 0 Å². The van der Waals surface area contributed by atoms with Gasteiger partial charge in [0.25, 0.3) is 0 Å². The van der Waals surface area contributed by atoms with Gasteiger partial charge in [-0.25, -0.2) is 0 Å². The molecule has 0 aromatic heterocycles. The summed E-state index contributed by atoms with van der Waals surface area (Å²) < 4.78 is 17.8. The van der Waals surface area contributed by atoms with Crippen LogP contribution in [-0.2, 0) is 13.3 Å². The summed E-state index contributed by atoms with van der Waals surface area (Å²) in [4.78, 5) is 0. The normalized spacial score (nSPS) is 11.9. The summed E-state index contributed by atoms with van der Waals surface area (Å²) in [5.41, 5.74) is 2.42. The lowest BCUT2D eigenvalue weighted by atomic mass is 10.2. The summed E-state index contributed by atoms with van der Waals surface area (Å²) in [6.07, 6.45) is 0. The van der Waals surface area contributed by atoms with Crippen molar-refractivity contribution in [3.63, 3.8) is 0 Å². The largest absolute Gasteiger partial charge is 0.537 e. The Morgan fingerprint density at radius 2 is 1.15 bits per heavy atom. The van der Waals surface area contributed by atoms with E-state index in [0.29, 0.717) is 19.8 Å². The molecule has 2 rings (SSSR count). The molecule has 4 heteroatoms. The van der Waals surface area contributed by atoms with Crippen LogP contribution < -0.4 is 5.19 Å². The van der Waals surface area contributed by atoms with Gasteiger partial charge < -0.3 is 13.3 Å². The van der Waals surface area contributed by atoms with Gasteiger partial charge in [-0.1, -0.05) is 42.5 Å². The van der Waals surface area contributed by atoms with Crippen LogP contribution in [0.3, 0.4) is 0 Å². The zero-order valence-electron chi connectivity index (χ0n) is 12.4. The Bertz CT molecular complexity index is 467. The highest BCUT2D eigenvalue weighted by Gasteiger charge is 2.42. The van der Waals surface area contributed by atoms with E-state index in [1.807, 2.05) is 20.8 Å². The van der Waals surface area contributed by atoms with Crippen LogP contribution in [0.5, 0.6) is 0 Å². The molecule has 0 spiro atoms. The molecule has 0 aliphatic heterocycles. The quantitative estimate of drug-likeness (QED) is 0.734. The molecule has 0 atom stereocenters. The van der Waals surface area contributed by atoms with Crippen molar-refractivity contribution in [1.29, 1.82) is 0 Å². The second kappa shape index (κ2) is 6.99. The predicted molar refractivity (Wildman–Crippen MR) is 83.3 cm³/mol. The molecule has 0 unspecified atom stereocenters. The molecule has 0 amide bonds. The van der Waals surface area contributed by atoms with Crippen LogP contribution in [0.1, 0.15) is 20.8 Å². The lowest BCUT2D eigenvalue weighted by molar-refractivity contribution is 0.0859. The average Bonchev–Trinajstić information content (AvgIpc) is 2.78. The second-order valence-electron chi connectivity index (χ2n) is 4.41. The van der Waals surface area contributed by atoms with Crippen LogP contribution in [0.25, 0.3) is 11.1 Å². The van der Waals surface area contributed by atoms with Gasteiger partial charge in [-0.3, -0.25) is 0 Å². The van der Waals surface area contributed by atoms with Crippen LogP contribution >= 0.6 is 0 Å². The van der Waals surface area contributed by atoms with Crippen molar-refractivity contribution < 1.29 is 13.3 Å². The zero-order chi connectivity index (χ0) is 14.4. The van der Waals surface area contributed by atoms with Crippen LogP contribution in [-0.4, -0.2) is 28.6 Å². The Kier molecular flexibility index (Phi) is 5.31. The molecule has 0 aromatic carbocycles. The molecule has 0 heterocycles. The van der Waals surface area contributed by atoms with Gasteiger partial charge in [-0.2, -0.15) is 0 Å². The summed E-state index contributed by atoms with van der Waals surface area (Å²) >= 11 is 0. The molecule has 3 nitrogen and oxygen atoms in total. The molecular weight excluding hydrogens is 268 g/mol. The Balaban J connectivity index is 2.45. The van der Waals surface area contributed by atoms with Crippen molar-refractivity contribution in [2.24, 2.45) is 0 Å². The summed E-state index contributed by atoms with van der Waals surface area (Å²) in [6, 6.07) is 14.6. The summed E-state index contributed by atoms with van der Waals surface area (Å²) in [5, 5.41) is 1.01. The molecule has 0 saturated carbocycles. The molecule has 0 radical (unpaired) electrons. The first-order valence-corrected chi connectivity index (χ1v) is 8.89. The van der Waals surface area contributed by atoms with Crippen LogP contribution in [0.2, 0.25) is 0 Å². The Labute approximate surface area is 122 Å². The fourth-order valence-corrected chi connectivity index (χ4v) is 4.78. The van der Waals surface area contributed by atoms with E-state index in [2.05, 4.69) is 42.5 Å². The van der Waals surface area contributed by atoms with Crippen molar-refractivity contribution in [3.8, 4) is 11.1 Å². The fraction of sp³-hybridized carbons (Fsp3) is 0.375. The average molecular weight is 290 g/mol. The first kappa shape index (κ1) is 15.2. The lowest BCUT2D eigenvalue weighted by Crippen LogP contribution is -2.56. The molecule has 0 saturated heterocycles. The summed E-state index contributed by atoms with van der Waals surface area (Å²) in [7, 11) is -2.80. The molecule has 2 aliphatic carbocycles. The van der Waals surface area contributed by atoms with E-state index in [1.165, 1.54) is 11.1 Å². The molecule has 0 N–H and O–H groups in total. The minimum absolute atomic E-state index is 0.580. The lowest BCUT2D eigenvalue weighted by Gasteiger charge is -2.28.